The van der Waals surface area contributed by atoms with Crippen LogP contribution in [-0.4, -0.2) is 61.0 Å². The Bertz CT molecular complexity index is 222. The fourth-order valence-electron chi connectivity index (χ4n) is 1.81. The monoisotopic (exact) mass is 231 g/mol. The molecule has 1 rings (SSSR count). The number of hydrogen-bond donors (Lipinski definition) is 1. The van der Waals surface area contributed by atoms with Gasteiger partial charge in [-0.05, 0) is 13.8 Å². The van der Waals surface area contributed by atoms with Crippen molar-refractivity contribution >= 4 is 5.91 Å². The molecule has 1 N–H and O–H groups in total. The van der Waals surface area contributed by atoms with Crippen LogP contribution >= 0.6 is 0 Å². The quantitative estimate of drug-likeness (QED) is 0.678. The summed E-state index contributed by atoms with van der Waals surface area (Å²) in [4.78, 5) is 13.5. The van der Waals surface area contributed by atoms with Gasteiger partial charge >= 0.3 is 0 Å². The van der Waals surface area contributed by atoms with Crippen LogP contribution in [0.3, 0.4) is 0 Å². The first kappa shape index (κ1) is 13.4. The zero-order valence-electron chi connectivity index (χ0n) is 10.0. The summed E-state index contributed by atoms with van der Waals surface area (Å²) in [5.41, 5.74) is 0. The van der Waals surface area contributed by atoms with Crippen molar-refractivity contribution in [2.75, 3.05) is 32.9 Å². The molecular weight excluding hydrogens is 210 g/mol. The number of morpholine rings is 1. The van der Waals surface area contributed by atoms with Crippen LogP contribution < -0.4 is 0 Å². The number of rotatable bonds is 5. The minimum Gasteiger partial charge on any atom is -0.394 e. The average molecular weight is 231 g/mol. The fraction of sp³-hybridized carbons (Fsp3) is 0.909. The SMILES string of the molecule is CCOCCC(=O)N1CC(C)OC(CO)C1. The number of carbonyl (C=O) groups excluding carboxylic acids is 1. The van der Waals surface area contributed by atoms with Crippen LogP contribution in [0.1, 0.15) is 20.3 Å². The van der Waals surface area contributed by atoms with Crippen molar-refractivity contribution in [1.82, 2.24) is 4.90 Å². The summed E-state index contributed by atoms with van der Waals surface area (Å²) in [6, 6.07) is 0. The van der Waals surface area contributed by atoms with E-state index in [1.54, 1.807) is 4.90 Å². The van der Waals surface area contributed by atoms with Gasteiger partial charge in [-0.3, -0.25) is 4.79 Å². The summed E-state index contributed by atoms with van der Waals surface area (Å²) in [5.74, 6) is 0.0713. The van der Waals surface area contributed by atoms with Crippen LogP contribution in [-0.2, 0) is 14.3 Å². The van der Waals surface area contributed by atoms with Crippen molar-refractivity contribution in [3.63, 3.8) is 0 Å². The van der Waals surface area contributed by atoms with Crippen LogP contribution in [0.5, 0.6) is 0 Å². The summed E-state index contributed by atoms with van der Waals surface area (Å²) in [6.45, 7) is 5.94. The molecule has 2 unspecified atom stereocenters. The van der Waals surface area contributed by atoms with E-state index < -0.39 is 0 Å². The van der Waals surface area contributed by atoms with Crippen LogP contribution in [0.25, 0.3) is 0 Å². The number of amides is 1. The highest BCUT2D eigenvalue weighted by Crippen LogP contribution is 2.11. The molecule has 5 heteroatoms. The number of hydrogen-bond acceptors (Lipinski definition) is 4. The lowest BCUT2D eigenvalue weighted by atomic mass is 10.2. The molecule has 1 saturated heterocycles. The van der Waals surface area contributed by atoms with E-state index >= 15 is 0 Å². The lowest BCUT2D eigenvalue weighted by Gasteiger charge is -2.36. The first-order valence-electron chi connectivity index (χ1n) is 5.79. The summed E-state index contributed by atoms with van der Waals surface area (Å²) >= 11 is 0. The van der Waals surface area contributed by atoms with Gasteiger partial charge < -0.3 is 19.5 Å². The number of aliphatic hydroxyl groups excluding tert-OH is 1. The highest BCUT2D eigenvalue weighted by molar-refractivity contribution is 5.76. The Kier molecular flexibility index (Phi) is 5.73. The number of carbonyl (C=O) groups is 1. The zero-order chi connectivity index (χ0) is 12.0. The van der Waals surface area contributed by atoms with Gasteiger partial charge in [0.25, 0.3) is 0 Å². The third-order valence-corrected chi connectivity index (χ3v) is 2.55. The third kappa shape index (κ3) is 4.08. The minimum absolute atomic E-state index is 0.0121. The minimum atomic E-state index is -0.250. The van der Waals surface area contributed by atoms with Crippen molar-refractivity contribution in [1.29, 1.82) is 0 Å². The highest BCUT2D eigenvalue weighted by atomic mass is 16.5. The van der Waals surface area contributed by atoms with Crippen molar-refractivity contribution in [2.45, 2.75) is 32.5 Å². The Labute approximate surface area is 96.3 Å². The van der Waals surface area contributed by atoms with Crippen molar-refractivity contribution < 1.29 is 19.4 Å². The first-order valence-corrected chi connectivity index (χ1v) is 5.79. The predicted molar refractivity (Wildman–Crippen MR) is 59.1 cm³/mol. The second-order valence-electron chi connectivity index (χ2n) is 4.00. The van der Waals surface area contributed by atoms with Gasteiger partial charge in [-0.2, -0.15) is 0 Å². The standard InChI is InChI=1S/C11H21NO4/c1-3-15-5-4-11(14)12-6-9(2)16-10(7-12)8-13/h9-10,13H,3-8H2,1-2H3. The summed E-state index contributed by atoms with van der Waals surface area (Å²) in [7, 11) is 0. The van der Waals surface area contributed by atoms with Gasteiger partial charge in [0.15, 0.2) is 0 Å². The van der Waals surface area contributed by atoms with E-state index in [0.717, 1.165) is 0 Å². The molecule has 5 nitrogen and oxygen atoms in total. The van der Waals surface area contributed by atoms with E-state index in [4.69, 9.17) is 14.6 Å². The molecule has 0 aromatic carbocycles. The van der Waals surface area contributed by atoms with E-state index in [-0.39, 0.29) is 24.7 Å². The van der Waals surface area contributed by atoms with Gasteiger partial charge in [0, 0.05) is 19.7 Å². The molecule has 94 valence electrons. The Morgan fingerprint density at radius 2 is 2.31 bits per heavy atom. The van der Waals surface area contributed by atoms with Crippen molar-refractivity contribution in [2.24, 2.45) is 0 Å². The van der Waals surface area contributed by atoms with Crippen LogP contribution in [0, 0.1) is 0 Å². The molecule has 1 aliphatic heterocycles. The molecule has 2 atom stereocenters. The molecule has 1 aliphatic rings. The maximum atomic E-state index is 11.8. The van der Waals surface area contributed by atoms with Crippen LogP contribution in [0.2, 0.25) is 0 Å². The van der Waals surface area contributed by atoms with E-state index in [1.165, 1.54) is 0 Å². The molecule has 1 fully saturated rings. The Hall–Kier alpha value is -0.650. The topological polar surface area (TPSA) is 59.0 Å². The van der Waals surface area contributed by atoms with Crippen molar-refractivity contribution in [3.05, 3.63) is 0 Å². The number of nitrogens with zero attached hydrogens (tertiary/aromatic N) is 1. The molecule has 0 radical (unpaired) electrons. The van der Waals surface area contributed by atoms with Gasteiger partial charge in [0.1, 0.15) is 0 Å². The van der Waals surface area contributed by atoms with E-state index in [1.807, 2.05) is 13.8 Å². The summed E-state index contributed by atoms with van der Waals surface area (Å²) in [6.07, 6.45) is 0.139. The normalized spacial score (nSPS) is 25.8. The van der Waals surface area contributed by atoms with Gasteiger partial charge in [0.2, 0.25) is 5.91 Å². The van der Waals surface area contributed by atoms with E-state index in [2.05, 4.69) is 0 Å². The second-order valence-corrected chi connectivity index (χ2v) is 4.00. The molecule has 0 aromatic heterocycles. The Morgan fingerprint density at radius 1 is 1.56 bits per heavy atom. The van der Waals surface area contributed by atoms with Gasteiger partial charge in [0.05, 0.1) is 31.8 Å². The maximum absolute atomic E-state index is 11.8. The molecule has 0 aromatic rings. The summed E-state index contributed by atoms with van der Waals surface area (Å²) < 4.78 is 10.6. The predicted octanol–water partition coefficient (Wildman–Crippen LogP) is 0.0212. The van der Waals surface area contributed by atoms with Crippen molar-refractivity contribution in [3.8, 4) is 0 Å². The van der Waals surface area contributed by atoms with E-state index in [0.29, 0.717) is 32.7 Å². The lowest BCUT2D eigenvalue weighted by molar-refractivity contribution is -0.148. The third-order valence-electron chi connectivity index (χ3n) is 2.55. The number of ether oxygens (including phenoxy) is 2. The molecule has 0 saturated carbocycles. The van der Waals surface area contributed by atoms with Crippen LogP contribution in [0.4, 0.5) is 0 Å². The molecule has 0 bridgehead atoms. The van der Waals surface area contributed by atoms with Gasteiger partial charge in [-0.25, -0.2) is 0 Å². The molecule has 1 heterocycles. The first-order chi connectivity index (χ1) is 7.67. The van der Waals surface area contributed by atoms with Gasteiger partial charge in [-0.15, -0.1) is 0 Å². The Morgan fingerprint density at radius 3 is 2.94 bits per heavy atom. The van der Waals surface area contributed by atoms with Crippen LogP contribution in [0.15, 0.2) is 0 Å². The van der Waals surface area contributed by atoms with Gasteiger partial charge in [-0.1, -0.05) is 0 Å². The molecule has 16 heavy (non-hydrogen) atoms. The molecular formula is C11H21NO4. The molecule has 1 amide bonds. The smallest absolute Gasteiger partial charge is 0.225 e. The lowest BCUT2D eigenvalue weighted by Crippen LogP contribution is -2.50. The summed E-state index contributed by atoms with van der Waals surface area (Å²) in [5, 5.41) is 9.03. The average Bonchev–Trinajstić information content (AvgIpc) is 2.28. The molecule has 0 spiro atoms. The second kappa shape index (κ2) is 6.83. The Balaban J connectivity index is 2.36. The molecule has 0 aliphatic carbocycles. The zero-order valence-corrected chi connectivity index (χ0v) is 10.0. The fourth-order valence-corrected chi connectivity index (χ4v) is 1.81. The largest absolute Gasteiger partial charge is 0.394 e. The highest BCUT2D eigenvalue weighted by Gasteiger charge is 2.27. The number of aliphatic hydroxyl groups is 1. The van der Waals surface area contributed by atoms with E-state index in [9.17, 15) is 4.79 Å². The maximum Gasteiger partial charge on any atom is 0.225 e.